The number of rotatable bonds is 5. The molecule has 0 fully saturated rings. The van der Waals surface area contributed by atoms with Gasteiger partial charge in [0.05, 0.1) is 12.7 Å². The molecule has 24 heavy (non-hydrogen) atoms. The van der Waals surface area contributed by atoms with Crippen LogP contribution < -0.4 is 10.1 Å². The van der Waals surface area contributed by atoms with Crippen molar-refractivity contribution in [3.05, 3.63) is 58.7 Å². The second-order valence-corrected chi connectivity index (χ2v) is 5.72. The average Bonchev–Trinajstić information content (AvgIpc) is 2.55. The van der Waals surface area contributed by atoms with Crippen molar-refractivity contribution in [2.45, 2.75) is 26.9 Å². The van der Waals surface area contributed by atoms with Gasteiger partial charge in [0.1, 0.15) is 12.4 Å². The molecule has 0 aliphatic carbocycles. The molecule has 0 saturated heterocycles. The minimum absolute atomic E-state index is 0.106. The minimum Gasteiger partial charge on any atom is -0.488 e. The van der Waals surface area contributed by atoms with E-state index < -0.39 is 6.43 Å². The van der Waals surface area contributed by atoms with Gasteiger partial charge in [0, 0.05) is 11.3 Å². The molecule has 0 aromatic heterocycles. The zero-order valence-corrected chi connectivity index (χ0v) is 14.5. The first kappa shape index (κ1) is 18.1. The SMILES string of the molecule is COC(=S)Nc1cccc(C)c1COc1ccc(C)cc1C(F)F. The topological polar surface area (TPSA) is 30.5 Å². The lowest BCUT2D eigenvalue weighted by Gasteiger charge is -2.17. The molecule has 0 atom stereocenters. The first-order valence-corrected chi connectivity index (χ1v) is 7.78. The third kappa shape index (κ3) is 4.41. The summed E-state index contributed by atoms with van der Waals surface area (Å²) in [5.74, 6) is 0.180. The number of aryl methyl sites for hydroxylation is 2. The van der Waals surface area contributed by atoms with Gasteiger partial charge >= 0.3 is 0 Å². The van der Waals surface area contributed by atoms with Gasteiger partial charge in [-0.3, -0.25) is 0 Å². The maximum absolute atomic E-state index is 13.2. The molecule has 0 saturated carbocycles. The zero-order valence-electron chi connectivity index (χ0n) is 13.7. The number of halogens is 2. The monoisotopic (exact) mass is 351 g/mol. The Morgan fingerprint density at radius 1 is 1.21 bits per heavy atom. The van der Waals surface area contributed by atoms with Gasteiger partial charge in [0.25, 0.3) is 11.6 Å². The first-order valence-electron chi connectivity index (χ1n) is 7.37. The number of anilines is 1. The molecule has 2 aromatic rings. The minimum atomic E-state index is -2.59. The van der Waals surface area contributed by atoms with Crippen LogP contribution in [0.15, 0.2) is 36.4 Å². The number of hydrogen-bond acceptors (Lipinski definition) is 3. The van der Waals surface area contributed by atoms with Crippen LogP contribution in [0.25, 0.3) is 0 Å². The Labute approximate surface area is 145 Å². The van der Waals surface area contributed by atoms with Crippen LogP contribution in [0.3, 0.4) is 0 Å². The molecule has 0 aliphatic rings. The van der Waals surface area contributed by atoms with Crippen LogP contribution in [0.4, 0.5) is 14.5 Å². The van der Waals surface area contributed by atoms with E-state index in [1.807, 2.05) is 25.1 Å². The van der Waals surface area contributed by atoms with Crippen molar-refractivity contribution in [1.29, 1.82) is 0 Å². The van der Waals surface area contributed by atoms with E-state index >= 15 is 0 Å². The molecule has 2 rings (SSSR count). The predicted octanol–water partition coefficient (Wildman–Crippen LogP) is 5.16. The Balaban J connectivity index is 2.25. The second kappa shape index (κ2) is 8.06. The highest BCUT2D eigenvalue weighted by Gasteiger charge is 2.15. The van der Waals surface area contributed by atoms with Crippen LogP contribution in [0.5, 0.6) is 5.75 Å². The summed E-state index contributed by atoms with van der Waals surface area (Å²) in [5, 5.41) is 3.19. The summed E-state index contributed by atoms with van der Waals surface area (Å²) in [6.45, 7) is 3.83. The summed E-state index contributed by atoms with van der Waals surface area (Å²) in [6.07, 6.45) is -2.59. The fraction of sp³-hybridized carbons (Fsp3) is 0.278. The highest BCUT2D eigenvalue weighted by molar-refractivity contribution is 7.80. The van der Waals surface area contributed by atoms with Crippen molar-refractivity contribution in [3.8, 4) is 5.75 Å². The molecule has 128 valence electrons. The third-order valence-electron chi connectivity index (χ3n) is 3.60. The van der Waals surface area contributed by atoms with E-state index in [2.05, 4.69) is 5.32 Å². The van der Waals surface area contributed by atoms with Crippen molar-refractivity contribution in [2.24, 2.45) is 0 Å². The summed E-state index contributed by atoms with van der Waals surface area (Å²) in [6, 6.07) is 10.4. The van der Waals surface area contributed by atoms with E-state index in [0.717, 1.165) is 22.4 Å². The van der Waals surface area contributed by atoms with Gasteiger partial charge in [0.2, 0.25) is 0 Å². The van der Waals surface area contributed by atoms with Crippen LogP contribution in [0.1, 0.15) is 28.7 Å². The van der Waals surface area contributed by atoms with Crippen molar-refractivity contribution >= 4 is 23.1 Å². The Bertz CT molecular complexity index is 735. The molecule has 2 aromatic carbocycles. The predicted molar refractivity (Wildman–Crippen MR) is 94.9 cm³/mol. The molecule has 6 heteroatoms. The van der Waals surface area contributed by atoms with Crippen molar-refractivity contribution in [1.82, 2.24) is 0 Å². The number of hydrogen-bond donors (Lipinski definition) is 1. The lowest BCUT2D eigenvalue weighted by Crippen LogP contribution is -2.13. The molecule has 0 radical (unpaired) electrons. The third-order valence-corrected chi connectivity index (χ3v) is 3.87. The van der Waals surface area contributed by atoms with Crippen LogP contribution >= 0.6 is 12.2 Å². The van der Waals surface area contributed by atoms with E-state index in [1.165, 1.54) is 13.2 Å². The van der Waals surface area contributed by atoms with E-state index in [1.54, 1.807) is 19.1 Å². The summed E-state index contributed by atoms with van der Waals surface area (Å²) < 4.78 is 37.0. The molecule has 0 spiro atoms. The lowest BCUT2D eigenvalue weighted by molar-refractivity contribution is 0.144. The van der Waals surface area contributed by atoms with Crippen LogP contribution in [-0.4, -0.2) is 12.3 Å². The Morgan fingerprint density at radius 2 is 1.96 bits per heavy atom. The van der Waals surface area contributed by atoms with Gasteiger partial charge in [-0.25, -0.2) is 8.78 Å². The molecule has 1 N–H and O–H groups in total. The molecule has 3 nitrogen and oxygen atoms in total. The van der Waals surface area contributed by atoms with Gasteiger partial charge in [-0.2, -0.15) is 0 Å². The molecule has 0 aliphatic heterocycles. The highest BCUT2D eigenvalue weighted by Crippen LogP contribution is 2.31. The summed E-state index contributed by atoms with van der Waals surface area (Å²) in [7, 11) is 1.47. The summed E-state index contributed by atoms with van der Waals surface area (Å²) in [5.41, 5.74) is 3.18. The van der Waals surface area contributed by atoms with Gasteiger partial charge < -0.3 is 14.8 Å². The largest absolute Gasteiger partial charge is 0.488 e. The van der Waals surface area contributed by atoms with Crippen LogP contribution in [0, 0.1) is 13.8 Å². The number of nitrogens with one attached hydrogen (secondary N) is 1. The molecule has 0 heterocycles. The number of ether oxygens (including phenoxy) is 2. The molecular weight excluding hydrogens is 332 g/mol. The standard InChI is InChI=1S/C18H19F2NO2S/c1-11-7-8-16(13(9-11)17(19)20)23-10-14-12(2)5-4-6-15(14)21-18(24)22-3/h4-9,17H,10H2,1-3H3,(H,21,24). The average molecular weight is 351 g/mol. The fourth-order valence-corrected chi connectivity index (χ4v) is 2.40. The maximum Gasteiger partial charge on any atom is 0.267 e. The van der Waals surface area contributed by atoms with Crippen molar-refractivity contribution in [2.75, 3.05) is 12.4 Å². The quantitative estimate of drug-likeness (QED) is 0.754. The second-order valence-electron chi connectivity index (χ2n) is 5.35. The van der Waals surface area contributed by atoms with Gasteiger partial charge in [-0.15, -0.1) is 0 Å². The summed E-state index contributed by atoms with van der Waals surface area (Å²) in [4.78, 5) is 0. The van der Waals surface area contributed by atoms with E-state index in [4.69, 9.17) is 21.7 Å². The smallest absolute Gasteiger partial charge is 0.267 e. The number of thiocarbonyl (C=S) groups is 1. The Hall–Kier alpha value is -2.21. The van der Waals surface area contributed by atoms with Gasteiger partial charge in [-0.1, -0.05) is 23.8 Å². The van der Waals surface area contributed by atoms with Crippen molar-refractivity contribution in [3.63, 3.8) is 0 Å². The van der Waals surface area contributed by atoms with E-state index in [-0.39, 0.29) is 23.1 Å². The fourth-order valence-electron chi connectivity index (χ4n) is 2.29. The highest BCUT2D eigenvalue weighted by atomic mass is 32.1. The van der Waals surface area contributed by atoms with Crippen LogP contribution in [0.2, 0.25) is 0 Å². The van der Waals surface area contributed by atoms with Crippen LogP contribution in [-0.2, 0) is 11.3 Å². The molecule has 0 unspecified atom stereocenters. The van der Waals surface area contributed by atoms with Gasteiger partial charge in [-0.05, 0) is 49.8 Å². The lowest BCUT2D eigenvalue weighted by atomic mass is 10.1. The number of benzene rings is 2. The zero-order chi connectivity index (χ0) is 17.7. The molecular formula is C18H19F2NO2S. The van der Waals surface area contributed by atoms with Crippen molar-refractivity contribution < 1.29 is 18.3 Å². The number of methoxy groups -OCH3 is 1. The maximum atomic E-state index is 13.2. The summed E-state index contributed by atoms with van der Waals surface area (Å²) >= 11 is 5.01. The van der Waals surface area contributed by atoms with E-state index in [0.29, 0.717) is 0 Å². The molecule has 0 amide bonds. The van der Waals surface area contributed by atoms with Gasteiger partial charge in [0.15, 0.2) is 0 Å². The molecule has 0 bridgehead atoms. The Morgan fingerprint density at radius 3 is 2.62 bits per heavy atom. The normalized spacial score (nSPS) is 10.6. The Kier molecular flexibility index (Phi) is 6.09. The first-order chi connectivity index (χ1) is 11.4. The van der Waals surface area contributed by atoms with E-state index in [9.17, 15) is 8.78 Å². The number of alkyl halides is 2.